The van der Waals surface area contributed by atoms with E-state index in [4.69, 9.17) is 4.42 Å². The van der Waals surface area contributed by atoms with Crippen molar-refractivity contribution < 1.29 is 4.42 Å². The molecule has 4 saturated carbocycles. The highest BCUT2D eigenvalue weighted by Gasteiger charge is 2.61. The van der Waals surface area contributed by atoms with Crippen LogP contribution < -0.4 is 4.90 Å². The lowest BCUT2D eigenvalue weighted by atomic mass is 9.43. The van der Waals surface area contributed by atoms with Crippen molar-refractivity contribution in [2.24, 2.45) is 23.7 Å². The van der Waals surface area contributed by atoms with E-state index < -0.39 is 0 Å². The quantitative estimate of drug-likeness (QED) is 0.181. The molecule has 3 nitrogen and oxygen atoms in total. The van der Waals surface area contributed by atoms with Crippen molar-refractivity contribution in [3.8, 4) is 16.8 Å². The molecule has 4 bridgehead atoms. The maximum absolute atomic E-state index is 6.52. The second kappa shape index (κ2) is 11.0. The maximum Gasteiger partial charge on any atom is 0.137 e. The van der Waals surface area contributed by atoms with Crippen LogP contribution in [0.4, 0.5) is 17.1 Å². The minimum atomic E-state index is 0.144. The number of fused-ring (bicyclic) bond motifs is 9. The predicted molar refractivity (Wildman–Crippen MR) is 226 cm³/mol. The fourth-order valence-corrected chi connectivity index (χ4v) is 12.5. The molecule has 0 amide bonds. The van der Waals surface area contributed by atoms with Gasteiger partial charge >= 0.3 is 0 Å². The lowest BCUT2D eigenvalue weighted by molar-refractivity contribution is -0.0399. The number of aromatic nitrogens is 1. The Morgan fingerprint density at radius 2 is 1.05 bits per heavy atom. The lowest BCUT2D eigenvalue weighted by Crippen LogP contribution is -2.55. The molecule has 14 rings (SSSR count). The highest BCUT2D eigenvalue weighted by atomic mass is 16.3. The minimum Gasteiger partial charge on any atom is -0.456 e. The van der Waals surface area contributed by atoms with E-state index in [1.807, 2.05) is 0 Å². The van der Waals surface area contributed by atoms with E-state index in [1.165, 1.54) is 70.7 Å². The molecule has 0 saturated heterocycles. The molecule has 7 aromatic carbocycles. The topological polar surface area (TPSA) is 21.3 Å². The van der Waals surface area contributed by atoms with Gasteiger partial charge in [0.05, 0.1) is 11.0 Å². The number of hydrogen-bond acceptors (Lipinski definition) is 2. The van der Waals surface area contributed by atoms with Gasteiger partial charge in [-0.1, -0.05) is 91.0 Å². The third-order valence-electron chi connectivity index (χ3n) is 14.3. The van der Waals surface area contributed by atoms with E-state index in [0.717, 1.165) is 62.7 Å². The Balaban J connectivity index is 1.05. The summed E-state index contributed by atoms with van der Waals surface area (Å²) in [5.74, 6) is 3.33. The fourth-order valence-electron chi connectivity index (χ4n) is 12.5. The molecule has 2 heterocycles. The van der Waals surface area contributed by atoms with Gasteiger partial charge in [0.1, 0.15) is 11.2 Å². The molecule has 264 valence electrons. The Kier molecular flexibility index (Phi) is 6.06. The Bertz CT molecular complexity index is 2990. The first-order chi connectivity index (χ1) is 27.2. The third kappa shape index (κ3) is 4.06. The molecule has 55 heavy (non-hydrogen) atoms. The van der Waals surface area contributed by atoms with E-state index >= 15 is 0 Å². The fraction of sp³-hybridized carbons (Fsp3) is 0.192. The van der Waals surface area contributed by atoms with Crippen LogP contribution in [0.5, 0.6) is 0 Å². The molecule has 0 radical (unpaired) electrons. The first-order valence-corrected chi connectivity index (χ1v) is 20.3. The third-order valence-corrected chi connectivity index (χ3v) is 14.3. The van der Waals surface area contributed by atoms with Crippen LogP contribution in [0.2, 0.25) is 0 Å². The van der Waals surface area contributed by atoms with E-state index in [9.17, 15) is 0 Å². The Hall–Kier alpha value is -6.06. The summed E-state index contributed by atoms with van der Waals surface area (Å²) in [5.41, 5.74) is 15.0. The summed E-state index contributed by atoms with van der Waals surface area (Å²) in [6.07, 6.45) is 7.03. The van der Waals surface area contributed by atoms with Crippen molar-refractivity contribution >= 4 is 60.8 Å². The summed E-state index contributed by atoms with van der Waals surface area (Å²) >= 11 is 0. The van der Waals surface area contributed by atoms with Gasteiger partial charge in [0, 0.05) is 55.8 Å². The largest absolute Gasteiger partial charge is 0.456 e. The first-order valence-electron chi connectivity index (χ1n) is 20.3. The highest BCUT2D eigenvalue weighted by Crippen LogP contribution is 2.69. The highest BCUT2D eigenvalue weighted by molar-refractivity contribution is 6.11. The zero-order chi connectivity index (χ0) is 35.8. The molecule has 1 spiro atoms. The van der Waals surface area contributed by atoms with Crippen LogP contribution in [0.3, 0.4) is 0 Å². The van der Waals surface area contributed by atoms with Gasteiger partial charge in [-0.15, -0.1) is 0 Å². The summed E-state index contributed by atoms with van der Waals surface area (Å²) in [6.45, 7) is 0. The molecule has 5 aliphatic rings. The maximum atomic E-state index is 6.52. The molecule has 2 aromatic heterocycles. The number of furan rings is 1. The van der Waals surface area contributed by atoms with Crippen molar-refractivity contribution in [2.75, 3.05) is 4.90 Å². The van der Waals surface area contributed by atoms with Crippen LogP contribution in [0.25, 0.3) is 60.6 Å². The van der Waals surface area contributed by atoms with Crippen LogP contribution >= 0.6 is 0 Å². The standard InChI is InChI=1S/C52H40N2O/c1-2-10-36(11-3-1)54-48-16-8-5-13-41(48)42-21-18-38(30-49(42)54)53(39-19-22-44-43-14-6-9-17-50(43)55-51(44)31-39)37-20-23-47-45(29-37)40-12-4-7-15-46(40)52(47)34-25-32-24-33(27-34)28-35(52)26-32/h1-23,29-35H,24-28H2. The molecule has 3 heteroatoms. The van der Waals surface area contributed by atoms with Crippen LogP contribution in [0.1, 0.15) is 43.2 Å². The zero-order valence-corrected chi connectivity index (χ0v) is 30.7. The predicted octanol–water partition coefficient (Wildman–Crippen LogP) is 13.9. The second-order valence-corrected chi connectivity index (χ2v) is 17.0. The normalized spacial score (nSPS) is 23.3. The van der Waals surface area contributed by atoms with E-state index in [-0.39, 0.29) is 5.41 Å². The van der Waals surface area contributed by atoms with Crippen LogP contribution in [-0.2, 0) is 5.41 Å². The Labute approximate surface area is 320 Å². The molecule has 0 unspecified atom stereocenters. The van der Waals surface area contributed by atoms with Crippen molar-refractivity contribution in [3.05, 3.63) is 169 Å². The number of para-hydroxylation sites is 3. The molecule has 4 fully saturated rings. The molecule has 0 N–H and O–H groups in total. The van der Waals surface area contributed by atoms with Gasteiger partial charge in [0.25, 0.3) is 0 Å². The Morgan fingerprint density at radius 1 is 0.455 bits per heavy atom. The van der Waals surface area contributed by atoms with Gasteiger partial charge in [-0.25, -0.2) is 0 Å². The number of anilines is 3. The van der Waals surface area contributed by atoms with Crippen LogP contribution in [0.15, 0.2) is 162 Å². The molecule has 0 atom stereocenters. The van der Waals surface area contributed by atoms with Gasteiger partial charge in [-0.2, -0.15) is 0 Å². The zero-order valence-electron chi connectivity index (χ0n) is 30.7. The summed E-state index contributed by atoms with van der Waals surface area (Å²) in [5, 5.41) is 4.81. The number of rotatable bonds is 4. The number of benzene rings is 7. The van der Waals surface area contributed by atoms with Gasteiger partial charge in [0.15, 0.2) is 0 Å². The molecular weight excluding hydrogens is 669 g/mol. The second-order valence-electron chi connectivity index (χ2n) is 17.0. The monoisotopic (exact) mass is 708 g/mol. The summed E-state index contributed by atoms with van der Waals surface area (Å²) in [6, 6.07) is 58.7. The number of hydrogen-bond donors (Lipinski definition) is 0. The van der Waals surface area contributed by atoms with Gasteiger partial charge in [-0.05, 0) is 139 Å². The van der Waals surface area contributed by atoms with Gasteiger partial charge < -0.3 is 13.9 Å². The summed E-state index contributed by atoms with van der Waals surface area (Å²) in [4.78, 5) is 2.46. The number of nitrogens with zero attached hydrogens (tertiary/aromatic N) is 2. The summed E-state index contributed by atoms with van der Waals surface area (Å²) in [7, 11) is 0. The first kappa shape index (κ1) is 30.3. The van der Waals surface area contributed by atoms with Crippen molar-refractivity contribution in [1.29, 1.82) is 0 Å². The molecule has 9 aromatic rings. The lowest BCUT2D eigenvalue weighted by Gasteiger charge is -2.61. The van der Waals surface area contributed by atoms with Gasteiger partial charge in [-0.3, -0.25) is 0 Å². The molecular formula is C52H40N2O. The van der Waals surface area contributed by atoms with Crippen LogP contribution in [-0.4, -0.2) is 4.57 Å². The minimum absolute atomic E-state index is 0.144. The average molecular weight is 709 g/mol. The van der Waals surface area contributed by atoms with E-state index in [0.29, 0.717) is 0 Å². The molecule has 0 aliphatic heterocycles. The van der Waals surface area contributed by atoms with Crippen molar-refractivity contribution in [1.82, 2.24) is 4.57 Å². The van der Waals surface area contributed by atoms with E-state index in [1.54, 1.807) is 11.1 Å². The van der Waals surface area contributed by atoms with Crippen molar-refractivity contribution in [3.63, 3.8) is 0 Å². The smallest absolute Gasteiger partial charge is 0.137 e. The van der Waals surface area contributed by atoms with E-state index in [2.05, 4.69) is 167 Å². The SMILES string of the molecule is c1ccc(-n2c3ccccc3c3ccc(N(c4ccc5c(c4)-c4ccccc4C54C5CC6CC(C5)CC4C6)c4ccc5c(c4)oc4ccccc45)cc32)cc1. The molecule has 5 aliphatic carbocycles. The summed E-state index contributed by atoms with van der Waals surface area (Å²) < 4.78 is 8.94. The van der Waals surface area contributed by atoms with Gasteiger partial charge in [0.2, 0.25) is 0 Å². The Morgan fingerprint density at radius 3 is 1.89 bits per heavy atom. The van der Waals surface area contributed by atoms with Crippen molar-refractivity contribution in [2.45, 2.75) is 37.5 Å². The van der Waals surface area contributed by atoms with Crippen LogP contribution in [0, 0.1) is 23.7 Å². The average Bonchev–Trinajstić information content (AvgIpc) is 3.86.